The number of Topliss-reactive ketones (excluding diaryl/α,β-unsaturated/α-hetero) is 1. The summed E-state index contributed by atoms with van der Waals surface area (Å²) in [5.74, 6) is -0.875. The van der Waals surface area contributed by atoms with Gasteiger partial charge in [0.15, 0.2) is 5.78 Å². The lowest BCUT2D eigenvalue weighted by Gasteiger charge is -2.17. The Bertz CT molecular complexity index is 1020. The van der Waals surface area contributed by atoms with E-state index < -0.39 is 6.61 Å². The van der Waals surface area contributed by atoms with Gasteiger partial charge in [0.25, 0.3) is 5.91 Å². The number of rotatable bonds is 4. The number of nitrogens with one attached hydrogen (secondary N) is 1. The molecule has 132 valence electrons. The highest BCUT2D eigenvalue weighted by Gasteiger charge is 2.25. The standard InChI is InChI=1S/C20H17FN2O3/c21-14-5-6-16-15(9-14)19-17(7-8-22-20(19)26)23(16)10-12-1-3-13(4-2-12)18(25)11-24/h1-6,9,24H,7-8,10-11H2,(H,22,26). The van der Waals surface area contributed by atoms with Crippen LogP contribution in [0.5, 0.6) is 0 Å². The van der Waals surface area contributed by atoms with Crippen LogP contribution in [-0.4, -0.2) is 34.5 Å². The summed E-state index contributed by atoms with van der Waals surface area (Å²) in [5, 5.41) is 12.4. The van der Waals surface area contributed by atoms with Gasteiger partial charge in [-0.1, -0.05) is 24.3 Å². The Morgan fingerprint density at radius 1 is 1.19 bits per heavy atom. The molecule has 0 bridgehead atoms. The van der Waals surface area contributed by atoms with E-state index in [2.05, 4.69) is 5.32 Å². The Morgan fingerprint density at radius 2 is 1.96 bits per heavy atom. The third kappa shape index (κ3) is 2.68. The predicted octanol–water partition coefficient (Wildman–Crippen LogP) is 2.29. The summed E-state index contributed by atoms with van der Waals surface area (Å²) in [6.07, 6.45) is 0.679. The summed E-state index contributed by atoms with van der Waals surface area (Å²) in [4.78, 5) is 23.9. The average Bonchev–Trinajstić information content (AvgIpc) is 2.96. The van der Waals surface area contributed by atoms with Gasteiger partial charge < -0.3 is 15.0 Å². The highest BCUT2D eigenvalue weighted by molar-refractivity contribution is 6.09. The summed E-state index contributed by atoms with van der Waals surface area (Å²) < 4.78 is 15.8. The zero-order chi connectivity index (χ0) is 18.3. The van der Waals surface area contributed by atoms with Gasteiger partial charge in [-0.25, -0.2) is 4.39 Å². The van der Waals surface area contributed by atoms with Crippen LogP contribution in [0.3, 0.4) is 0 Å². The monoisotopic (exact) mass is 352 g/mol. The number of aliphatic hydroxyl groups excluding tert-OH is 1. The van der Waals surface area contributed by atoms with Crippen molar-refractivity contribution in [2.45, 2.75) is 13.0 Å². The molecule has 1 aliphatic heterocycles. The molecule has 0 unspecified atom stereocenters. The number of benzene rings is 2. The SMILES string of the molecule is O=C(CO)c1ccc(Cn2c3c(c4cc(F)ccc42)C(=O)NCC3)cc1. The maximum absolute atomic E-state index is 13.7. The summed E-state index contributed by atoms with van der Waals surface area (Å²) in [7, 11) is 0. The normalized spacial score (nSPS) is 13.5. The smallest absolute Gasteiger partial charge is 0.253 e. The van der Waals surface area contributed by atoms with Gasteiger partial charge in [-0.2, -0.15) is 0 Å². The van der Waals surface area contributed by atoms with E-state index in [1.807, 2.05) is 16.7 Å². The van der Waals surface area contributed by atoms with Crippen molar-refractivity contribution < 1.29 is 19.1 Å². The van der Waals surface area contributed by atoms with E-state index in [1.165, 1.54) is 12.1 Å². The van der Waals surface area contributed by atoms with Crippen LogP contribution in [0.25, 0.3) is 10.9 Å². The van der Waals surface area contributed by atoms with Gasteiger partial charge in [0.2, 0.25) is 0 Å². The second kappa shape index (κ2) is 6.38. The Balaban J connectivity index is 1.79. The minimum absolute atomic E-state index is 0.176. The van der Waals surface area contributed by atoms with Crippen molar-refractivity contribution in [3.63, 3.8) is 0 Å². The van der Waals surface area contributed by atoms with Crippen LogP contribution in [0.1, 0.15) is 32.0 Å². The molecule has 0 aliphatic carbocycles. The maximum atomic E-state index is 13.7. The van der Waals surface area contributed by atoms with Crippen molar-refractivity contribution >= 4 is 22.6 Å². The molecule has 1 aliphatic rings. The van der Waals surface area contributed by atoms with Gasteiger partial charge >= 0.3 is 0 Å². The van der Waals surface area contributed by atoms with Gasteiger partial charge in [0.1, 0.15) is 12.4 Å². The molecule has 0 spiro atoms. The van der Waals surface area contributed by atoms with Gasteiger partial charge in [-0.3, -0.25) is 9.59 Å². The van der Waals surface area contributed by atoms with E-state index in [0.717, 1.165) is 16.8 Å². The van der Waals surface area contributed by atoms with Gasteiger partial charge in [0.05, 0.1) is 5.56 Å². The molecule has 3 aromatic rings. The zero-order valence-corrected chi connectivity index (χ0v) is 14.0. The third-order valence-corrected chi connectivity index (χ3v) is 4.77. The van der Waals surface area contributed by atoms with Crippen LogP contribution in [0.4, 0.5) is 4.39 Å². The zero-order valence-electron chi connectivity index (χ0n) is 14.0. The Hall–Kier alpha value is -2.99. The number of amides is 1. The Labute approximate surface area is 149 Å². The van der Waals surface area contributed by atoms with Crippen LogP contribution in [-0.2, 0) is 13.0 Å². The molecule has 2 heterocycles. The summed E-state index contributed by atoms with van der Waals surface area (Å²) in [6.45, 7) is 0.544. The van der Waals surface area contributed by atoms with E-state index in [-0.39, 0.29) is 17.5 Å². The maximum Gasteiger partial charge on any atom is 0.253 e. The van der Waals surface area contributed by atoms with E-state index >= 15 is 0 Å². The summed E-state index contributed by atoms with van der Waals surface area (Å²) >= 11 is 0. The van der Waals surface area contributed by atoms with Crippen molar-refractivity contribution in [3.8, 4) is 0 Å². The molecule has 1 aromatic heterocycles. The van der Waals surface area contributed by atoms with Crippen LogP contribution < -0.4 is 5.32 Å². The molecule has 2 aromatic carbocycles. The van der Waals surface area contributed by atoms with Crippen LogP contribution >= 0.6 is 0 Å². The summed E-state index contributed by atoms with van der Waals surface area (Å²) in [6, 6.07) is 11.5. The largest absolute Gasteiger partial charge is 0.388 e. The first-order valence-electron chi connectivity index (χ1n) is 8.40. The molecule has 0 saturated carbocycles. The van der Waals surface area contributed by atoms with Crippen LogP contribution in [0.15, 0.2) is 42.5 Å². The number of aliphatic hydroxyl groups is 1. The van der Waals surface area contributed by atoms with Gasteiger partial charge in [-0.05, 0) is 23.8 Å². The van der Waals surface area contributed by atoms with Crippen LogP contribution in [0, 0.1) is 5.82 Å². The first-order chi connectivity index (χ1) is 12.6. The highest BCUT2D eigenvalue weighted by Crippen LogP contribution is 2.30. The van der Waals surface area contributed by atoms with E-state index in [4.69, 9.17) is 5.11 Å². The molecule has 1 amide bonds. The number of ketones is 1. The molecule has 6 heteroatoms. The highest BCUT2D eigenvalue weighted by atomic mass is 19.1. The lowest BCUT2D eigenvalue weighted by Crippen LogP contribution is -2.32. The minimum atomic E-state index is -0.518. The number of halogens is 1. The molecule has 26 heavy (non-hydrogen) atoms. The van der Waals surface area contributed by atoms with Crippen LogP contribution in [0.2, 0.25) is 0 Å². The summed E-state index contributed by atoms with van der Waals surface area (Å²) in [5.41, 5.74) is 3.65. The fourth-order valence-corrected chi connectivity index (χ4v) is 3.53. The number of carbonyl (C=O) groups excluding carboxylic acids is 2. The molecule has 0 atom stereocenters. The molecule has 0 fully saturated rings. The molecule has 0 radical (unpaired) electrons. The number of hydrogen-bond donors (Lipinski definition) is 2. The molecule has 2 N–H and O–H groups in total. The molecule has 4 rings (SSSR count). The first kappa shape index (κ1) is 16.5. The molecular weight excluding hydrogens is 335 g/mol. The number of hydrogen-bond acceptors (Lipinski definition) is 3. The number of aromatic nitrogens is 1. The third-order valence-electron chi connectivity index (χ3n) is 4.77. The van der Waals surface area contributed by atoms with E-state index in [1.54, 1.807) is 18.2 Å². The van der Waals surface area contributed by atoms with Crippen molar-refractivity contribution in [1.82, 2.24) is 9.88 Å². The minimum Gasteiger partial charge on any atom is -0.388 e. The molecule has 0 saturated heterocycles. The molecule has 5 nitrogen and oxygen atoms in total. The van der Waals surface area contributed by atoms with Crippen molar-refractivity contribution in [2.24, 2.45) is 0 Å². The quantitative estimate of drug-likeness (QED) is 0.708. The lowest BCUT2D eigenvalue weighted by molar-refractivity contribution is 0.0902. The topological polar surface area (TPSA) is 71.3 Å². The number of nitrogens with zero attached hydrogens (tertiary/aromatic N) is 1. The molecular formula is C20H17FN2O3. The van der Waals surface area contributed by atoms with Crippen molar-refractivity contribution in [2.75, 3.05) is 13.2 Å². The van der Waals surface area contributed by atoms with Gasteiger partial charge in [0, 0.05) is 41.7 Å². The average molecular weight is 352 g/mol. The van der Waals surface area contributed by atoms with Gasteiger partial charge in [-0.15, -0.1) is 0 Å². The van der Waals surface area contributed by atoms with E-state index in [0.29, 0.717) is 36.0 Å². The fourth-order valence-electron chi connectivity index (χ4n) is 3.53. The van der Waals surface area contributed by atoms with Crippen molar-refractivity contribution in [1.29, 1.82) is 0 Å². The predicted molar refractivity (Wildman–Crippen MR) is 94.9 cm³/mol. The van der Waals surface area contributed by atoms with E-state index in [9.17, 15) is 14.0 Å². The number of carbonyl (C=O) groups is 2. The second-order valence-electron chi connectivity index (χ2n) is 6.35. The Morgan fingerprint density at radius 3 is 2.69 bits per heavy atom. The first-order valence-corrected chi connectivity index (χ1v) is 8.40. The fraction of sp³-hybridized carbons (Fsp3) is 0.200. The Kier molecular flexibility index (Phi) is 4.05. The lowest BCUT2D eigenvalue weighted by atomic mass is 10.1. The number of fused-ring (bicyclic) bond motifs is 3. The van der Waals surface area contributed by atoms with Crippen molar-refractivity contribution in [3.05, 3.63) is 70.7 Å². The second-order valence-corrected chi connectivity index (χ2v) is 6.35.